The predicted octanol–water partition coefficient (Wildman–Crippen LogP) is 3.53. The lowest BCUT2D eigenvalue weighted by molar-refractivity contribution is 0.218. The molecule has 1 aliphatic carbocycles. The van der Waals surface area contributed by atoms with Crippen molar-refractivity contribution < 1.29 is 0 Å². The van der Waals surface area contributed by atoms with Crippen LogP contribution in [-0.2, 0) is 0 Å². The zero-order valence-corrected chi connectivity index (χ0v) is 11.2. The first-order valence-electron chi connectivity index (χ1n) is 5.97. The summed E-state index contributed by atoms with van der Waals surface area (Å²) in [7, 11) is 2.27. The van der Waals surface area contributed by atoms with Gasteiger partial charge in [-0.15, -0.1) is 0 Å². The molecule has 1 unspecified atom stereocenters. The number of hydrogen-bond acceptors (Lipinski definition) is 1. The van der Waals surface area contributed by atoms with E-state index in [-0.39, 0.29) is 0 Å². The van der Waals surface area contributed by atoms with Gasteiger partial charge in [-0.2, -0.15) is 0 Å². The van der Waals surface area contributed by atoms with Crippen LogP contribution in [0.25, 0.3) is 0 Å². The van der Waals surface area contributed by atoms with Crippen molar-refractivity contribution in [1.29, 1.82) is 0 Å². The number of alkyl halides is 1. The monoisotopic (exact) mass is 261 g/mol. The fourth-order valence-electron chi connectivity index (χ4n) is 2.47. The zero-order chi connectivity index (χ0) is 10.4. The molecule has 0 amide bonds. The smallest absolute Gasteiger partial charge is 0.00692 e. The Balaban J connectivity index is 2.14. The molecule has 0 N–H and O–H groups in total. The highest BCUT2D eigenvalue weighted by Crippen LogP contribution is 2.24. The second-order valence-electron chi connectivity index (χ2n) is 4.98. The predicted molar refractivity (Wildman–Crippen MR) is 67.0 cm³/mol. The highest BCUT2D eigenvalue weighted by atomic mass is 79.9. The minimum atomic E-state index is 0.781. The van der Waals surface area contributed by atoms with Crippen LogP contribution in [0.4, 0.5) is 0 Å². The first kappa shape index (κ1) is 12.5. The minimum absolute atomic E-state index is 0.781. The summed E-state index contributed by atoms with van der Waals surface area (Å²) in [5.41, 5.74) is 0. The van der Waals surface area contributed by atoms with Gasteiger partial charge in [0.1, 0.15) is 0 Å². The summed E-state index contributed by atoms with van der Waals surface area (Å²) in [4.78, 5) is 2.52. The highest BCUT2D eigenvalue weighted by molar-refractivity contribution is 9.09. The molecule has 0 bridgehead atoms. The van der Waals surface area contributed by atoms with Gasteiger partial charge in [0.05, 0.1) is 0 Å². The third-order valence-electron chi connectivity index (χ3n) is 3.18. The van der Waals surface area contributed by atoms with Crippen molar-refractivity contribution in [3.05, 3.63) is 0 Å². The SMILES string of the molecule is CC(CBr)CN(C)CC1CCCCC1. The van der Waals surface area contributed by atoms with Crippen LogP contribution in [0.1, 0.15) is 39.0 Å². The van der Waals surface area contributed by atoms with Gasteiger partial charge >= 0.3 is 0 Å². The molecule has 14 heavy (non-hydrogen) atoms. The maximum absolute atomic E-state index is 3.54. The molecule has 1 fully saturated rings. The Morgan fingerprint density at radius 1 is 1.29 bits per heavy atom. The van der Waals surface area contributed by atoms with Gasteiger partial charge in [-0.3, -0.25) is 0 Å². The quantitative estimate of drug-likeness (QED) is 0.685. The number of hydrogen-bond donors (Lipinski definition) is 0. The van der Waals surface area contributed by atoms with E-state index in [0.717, 1.165) is 17.2 Å². The molecular formula is C12H24BrN. The van der Waals surface area contributed by atoms with E-state index in [1.165, 1.54) is 45.2 Å². The Hall–Kier alpha value is 0.440. The average molecular weight is 262 g/mol. The van der Waals surface area contributed by atoms with Gasteiger partial charge in [-0.25, -0.2) is 0 Å². The molecule has 2 heteroatoms. The molecule has 0 saturated heterocycles. The lowest BCUT2D eigenvalue weighted by Gasteiger charge is -2.28. The third kappa shape index (κ3) is 4.79. The van der Waals surface area contributed by atoms with E-state index in [1.807, 2.05) is 0 Å². The Bertz CT molecular complexity index is 143. The van der Waals surface area contributed by atoms with Crippen molar-refractivity contribution >= 4 is 15.9 Å². The van der Waals surface area contributed by atoms with Crippen molar-refractivity contribution in [1.82, 2.24) is 4.90 Å². The first-order valence-corrected chi connectivity index (χ1v) is 7.09. The Morgan fingerprint density at radius 3 is 2.50 bits per heavy atom. The molecule has 1 saturated carbocycles. The summed E-state index contributed by atoms with van der Waals surface area (Å²) < 4.78 is 0. The Morgan fingerprint density at radius 2 is 1.93 bits per heavy atom. The zero-order valence-electron chi connectivity index (χ0n) is 9.64. The second kappa shape index (κ2) is 6.84. The fourth-order valence-corrected chi connectivity index (χ4v) is 2.67. The highest BCUT2D eigenvalue weighted by Gasteiger charge is 2.15. The molecule has 1 aliphatic rings. The van der Waals surface area contributed by atoms with Crippen LogP contribution in [0.15, 0.2) is 0 Å². The van der Waals surface area contributed by atoms with E-state index in [2.05, 4.69) is 34.8 Å². The van der Waals surface area contributed by atoms with Gasteiger partial charge < -0.3 is 4.90 Å². The van der Waals surface area contributed by atoms with Crippen molar-refractivity contribution in [2.75, 3.05) is 25.5 Å². The molecular weight excluding hydrogens is 238 g/mol. The van der Waals surface area contributed by atoms with Crippen LogP contribution in [-0.4, -0.2) is 30.4 Å². The van der Waals surface area contributed by atoms with E-state index < -0.39 is 0 Å². The lowest BCUT2D eigenvalue weighted by Crippen LogP contribution is -2.31. The van der Waals surface area contributed by atoms with E-state index in [9.17, 15) is 0 Å². The van der Waals surface area contributed by atoms with Crippen LogP contribution in [0.5, 0.6) is 0 Å². The van der Waals surface area contributed by atoms with Crippen LogP contribution in [0, 0.1) is 11.8 Å². The van der Waals surface area contributed by atoms with Gasteiger partial charge in [-0.05, 0) is 31.7 Å². The number of halogens is 1. The molecule has 1 nitrogen and oxygen atoms in total. The number of rotatable bonds is 5. The molecule has 0 aliphatic heterocycles. The van der Waals surface area contributed by atoms with E-state index in [0.29, 0.717) is 0 Å². The number of nitrogens with zero attached hydrogens (tertiary/aromatic N) is 1. The normalized spacial score (nSPS) is 21.4. The average Bonchev–Trinajstić information content (AvgIpc) is 2.19. The molecule has 0 spiro atoms. The molecule has 0 radical (unpaired) electrons. The summed E-state index contributed by atoms with van der Waals surface area (Å²) in [5.74, 6) is 1.76. The van der Waals surface area contributed by atoms with E-state index in [1.54, 1.807) is 0 Å². The largest absolute Gasteiger partial charge is 0.306 e. The second-order valence-corrected chi connectivity index (χ2v) is 5.63. The Kier molecular flexibility index (Phi) is 6.11. The topological polar surface area (TPSA) is 3.24 Å². The summed E-state index contributed by atoms with van der Waals surface area (Å²) in [5, 5.41) is 1.13. The molecule has 1 atom stereocenters. The maximum Gasteiger partial charge on any atom is 0.00692 e. The van der Waals surface area contributed by atoms with Crippen LogP contribution in [0.3, 0.4) is 0 Å². The van der Waals surface area contributed by atoms with Gasteiger partial charge in [0, 0.05) is 18.4 Å². The van der Waals surface area contributed by atoms with E-state index in [4.69, 9.17) is 0 Å². The molecule has 0 aromatic rings. The summed E-state index contributed by atoms with van der Waals surface area (Å²) in [6.07, 6.45) is 7.33. The summed E-state index contributed by atoms with van der Waals surface area (Å²) >= 11 is 3.54. The van der Waals surface area contributed by atoms with Crippen molar-refractivity contribution in [2.45, 2.75) is 39.0 Å². The lowest BCUT2D eigenvalue weighted by atomic mass is 9.89. The van der Waals surface area contributed by atoms with Gasteiger partial charge in [-0.1, -0.05) is 42.1 Å². The first-order chi connectivity index (χ1) is 6.72. The molecule has 1 rings (SSSR count). The van der Waals surface area contributed by atoms with Crippen molar-refractivity contribution in [2.24, 2.45) is 11.8 Å². The molecule has 0 aromatic heterocycles. The van der Waals surface area contributed by atoms with Crippen LogP contribution >= 0.6 is 15.9 Å². The maximum atomic E-state index is 3.54. The third-order valence-corrected chi connectivity index (χ3v) is 4.29. The van der Waals surface area contributed by atoms with E-state index >= 15 is 0 Å². The minimum Gasteiger partial charge on any atom is -0.306 e. The van der Waals surface area contributed by atoms with Gasteiger partial charge in [0.15, 0.2) is 0 Å². The van der Waals surface area contributed by atoms with Gasteiger partial charge in [0.25, 0.3) is 0 Å². The fraction of sp³-hybridized carbons (Fsp3) is 1.00. The summed E-state index contributed by atoms with van der Waals surface area (Å²) in [6, 6.07) is 0. The van der Waals surface area contributed by atoms with Crippen molar-refractivity contribution in [3.63, 3.8) is 0 Å². The Labute approximate surface area is 97.4 Å². The molecule has 0 heterocycles. The summed E-state index contributed by atoms with van der Waals surface area (Å²) in [6.45, 7) is 4.87. The molecule has 0 aromatic carbocycles. The standard InChI is InChI=1S/C12H24BrN/c1-11(8-13)9-14(2)10-12-6-4-3-5-7-12/h11-12H,3-10H2,1-2H3. The van der Waals surface area contributed by atoms with Crippen LogP contribution < -0.4 is 0 Å². The van der Waals surface area contributed by atoms with Crippen molar-refractivity contribution in [3.8, 4) is 0 Å². The van der Waals surface area contributed by atoms with Crippen LogP contribution in [0.2, 0.25) is 0 Å². The van der Waals surface area contributed by atoms with Gasteiger partial charge in [0.2, 0.25) is 0 Å². The molecule has 84 valence electrons.